The van der Waals surface area contributed by atoms with Crippen LogP contribution in [0.3, 0.4) is 0 Å². The Hall–Kier alpha value is -1.68. The monoisotopic (exact) mass is 470 g/mol. The van der Waals surface area contributed by atoms with Crippen LogP contribution in [-0.2, 0) is 30.7 Å². The molecule has 1 aliphatic heterocycles. The summed E-state index contributed by atoms with van der Waals surface area (Å²) in [4.78, 5) is 8.84. The summed E-state index contributed by atoms with van der Waals surface area (Å²) in [6.07, 6.45) is 2.90. The van der Waals surface area contributed by atoms with E-state index in [2.05, 4.69) is 50.0 Å². The van der Waals surface area contributed by atoms with Crippen LogP contribution in [0.4, 0.5) is 0 Å². The van der Waals surface area contributed by atoms with Gasteiger partial charge < -0.3 is 15.4 Å². The van der Waals surface area contributed by atoms with Crippen molar-refractivity contribution >= 4 is 29.9 Å². The first-order valence-corrected chi connectivity index (χ1v) is 8.71. The van der Waals surface area contributed by atoms with E-state index in [0.717, 1.165) is 50.0 Å². The van der Waals surface area contributed by atoms with Gasteiger partial charge in [-0.1, -0.05) is 30.3 Å². The summed E-state index contributed by atoms with van der Waals surface area (Å²) in [5, 5.41) is 11.4. The Morgan fingerprint density at radius 2 is 2.15 bits per heavy atom. The second-order valence-electron chi connectivity index (χ2n) is 6.17. The van der Waals surface area contributed by atoms with E-state index in [-0.39, 0.29) is 24.0 Å². The number of ether oxygens (including phenoxy) is 1. The molecule has 1 aromatic heterocycles. The summed E-state index contributed by atoms with van der Waals surface area (Å²) in [5.74, 6) is 2.63. The average molecular weight is 470 g/mol. The first-order valence-electron chi connectivity index (χ1n) is 8.71. The van der Waals surface area contributed by atoms with Gasteiger partial charge in [-0.3, -0.25) is 4.99 Å². The van der Waals surface area contributed by atoms with Crippen molar-refractivity contribution in [3.05, 3.63) is 47.5 Å². The molecular weight excluding hydrogens is 443 g/mol. The molecule has 0 saturated heterocycles. The lowest BCUT2D eigenvalue weighted by molar-refractivity contribution is 0.177. The highest BCUT2D eigenvalue weighted by Gasteiger charge is 2.22. The standard InChI is InChI=1S/C18H26N6O.HI/c1-19-18(20-11-10-14-6-4-3-5-7-14)21-15-8-9-17-22-16(13-25-2)23-24(17)12-15;/h3-7,15H,8-13H2,1-2H3,(H2,19,20,21);1H. The molecule has 2 heterocycles. The molecule has 1 unspecified atom stereocenters. The molecule has 142 valence electrons. The van der Waals surface area contributed by atoms with Gasteiger partial charge in [0.1, 0.15) is 12.4 Å². The van der Waals surface area contributed by atoms with Crippen LogP contribution in [0, 0.1) is 0 Å². The van der Waals surface area contributed by atoms with E-state index in [9.17, 15) is 0 Å². The van der Waals surface area contributed by atoms with E-state index in [1.165, 1.54) is 5.56 Å². The molecule has 2 N–H and O–H groups in total. The van der Waals surface area contributed by atoms with E-state index < -0.39 is 0 Å². The fourth-order valence-corrected chi connectivity index (χ4v) is 3.03. The molecule has 1 atom stereocenters. The van der Waals surface area contributed by atoms with Gasteiger partial charge in [0.05, 0.1) is 6.54 Å². The molecule has 26 heavy (non-hydrogen) atoms. The Kier molecular flexibility index (Phi) is 8.30. The number of methoxy groups -OCH3 is 1. The molecular formula is C18H27IN6O. The van der Waals surface area contributed by atoms with Crippen molar-refractivity contribution in [1.82, 2.24) is 25.4 Å². The highest BCUT2D eigenvalue weighted by atomic mass is 127. The molecule has 2 aromatic rings. The number of hydrogen-bond acceptors (Lipinski definition) is 4. The Morgan fingerprint density at radius 3 is 2.88 bits per heavy atom. The average Bonchev–Trinajstić information content (AvgIpc) is 3.03. The van der Waals surface area contributed by atoms with Crippen LogP contribution in [0.25, 0.3) is 0 Å². The zero-order valence-electron chi connectivity index (χ0n) is 15.3. The van der Waals surface area contributed by atoms with E-state index >= 15 is 0 Å². The van der Waals surface area contributed by atoms with Crippen molar-refractivity contribution in [3.63, 3.8) is 0 Å². The smallest absolute Gasteiger partial charge is 0.191 e. The van der Waals surface area contributed by atoms with Gasteiger partial charge in [-0.15, -0.1) is 24.0 Å². The number of aromatic nitrogens is 3. The summed E-state index contributed by atoms with van der Waals surface area (Å²) in [6.45, 7) is 2.11. The highest BCUT2D eigenvalue weighted by molar-refractivity contribution is 14.0. The number of fused-ring (bicyclic) bond motifs is 1. The van der Waals surface area contributed by atoms with Crippen molar-refractivity contribution in [2.24, 2.45) is 4.99 Å². The van der Waals surface area contributed by atoms with Crippen molar-refractivity contribution in [2.45, 2.75) is 38.5 Å². The predicted molar refractivity (Wildman–Crippen MR) is 113 cm³/mol. The van der Waals surface area contributed by atoms with E-state index in [0.29, 0.717) is 12.6 Å². The number of hydrogen-bond donors (Lipinski definition) is 2. The Bertz CT molecular complexity index is 703. The van der Waals surface area contributed by atoms with Crippen LogP contribution >= 0.6 is 24.0 Å². The Morgan fingerprint density at radius 1 is 1.35 bits per heavy atom. The third-order valence-corrected chi connectivity index (χ3v) is 4.29. The number of aliphatic imine (C=N–C) groups is 1. The largest absolute Gasteiger partial charge is 0.377 e. The summed E-state index contributed by atoms with van der Waals surface area (Å²) < 4.78 is 7.09. The van der Waals surface area contributed by atoms with Crippen molar-refractivity contribution in [3.8, 4) is 0 Å². The van der Waals surface area contributed by atoms with Gasteiger partial charge in [-0.05, 0) is 18.4 Å². The van der Waals surface area contributed by atoms with E-state index in [1.807, 2.05) is 10.7 Å². The van der Waals surface area contributed by atoms with Crippen LogP contribution < -0.4 is 10.6 Å². The molecule has 0 bridgehead atoms. The fourth-order valence-electron chi connectivity index (χ4n) is 3.03. The minimum Gasteiger partial charge on any atom is -0.377 e. The maximum absolute atomic E-state index is 5.11. The molecule has 1 aliphatic rings. The topological polar surface area (TPSA) is 76.4 Å². The third kappa shape index (κ3) is 5.66. The first kappa shape index (κ1) is 20.6. The number of nitrogens with zero attached hydrogens (tertiary/aromatic N) is 4. The van der Waals surface area contributed by atoms with Crippen LogP contribution in [0.15, 0.2) is 35.3 Å². The second kappa shape index (κ2) is 10.5. The second-order valence-corrected chi connectivity index (χ2v) is 6.17. The van der Waals surface area contributed by atoms with Gasteiger partial charge in [-0.2, -0.15) is 5.10 Å². The van der Waals surface area contributed by atoms with Gasteiger partial charge in [0.2, 0.25) is 0 Å². The SMILES string of the molecule is CN=C(NCCc1ccccc1)NC1CCc2nc(COC)nn2C1.I. The van der Waals surface area contributed by atoms with Crippen molar-refractivity contribution in [1.29, 1.82) is 0 Å². The zero-order valence-corrected chi connectivity index (χ0v) is 17.6. The van der Waals surface area contributed by atoms with Crippen LogP contribution in [0.2, 0.25) is 0 Å². The summed E-state index contributed by atoms with van der Waals surface area (Å²) in [7, 11) is 3.47. The lowest BCUT2D eigenvalue weighted by Crippen LogP contribution is -2.47. The third-order valence-electron chi connectivity index (χ3n) is 4.29. The maximum atomic E-state index is 5.11. The minimum atomic E-state index is 0. The van der Waals surface area contributed by atoms with Gasteiger partial charge in [0.25, 0.3) is 0 Å². The molecule has 8 heteroatoms. The van der Waals surface area contributed by atoms with Gasteiger partial charge >= 0.3 is 0 Å². The van der Waals surface area contributed by atoms with Gasteiger partial charge in [0.15, 0.2) is 11.8 Å². The van der Waals surface area contributed by atoms with Gasteiger partial charge in [-0.25, -0.2) is 9.67 Å². The zero-order chi connectivity index (χ0) is 17.5. The molecule has 3 rings (SSSR count). The van der Waals surface area contributed by atoms with E-state index in [1.54, 1.807) is 14.2 Å². The van der Waals surface area contributed by atoms with Gasteiger partial charge in [0, 0.05) is 33.2 Å². The molecule has 0 amide bonds. The lowest BCUT2D eigenvalue weighted by atomic mass is 10.1. The molecule has 0 fully saturated rings. The normalized spacial score (nSPS) is 16.5. The number of aryl methyl sites for hydroxylation is 1. The minimum absolute atomic E-state index is 0. The maximum Gasteiger partial charge on any atom is 0.191 e. The van der Waals surface area contributed by atoms with Crippen LogP contribution in [-0.4, -0.2) is 47.5 Å². The Labute approximate surface area is 171 Å². The van der Waals surface area contributed by atoms with Crippen molar-refractivity contribution in [2.75, 3.05) is 20.7 Å². The van der Waals surface area contributed by atoms with Crippen molar-refractivity contribution < 1.29 is 4.74 Å². The molecule has 0 spiro atoms. The highest BCUT2D eigenvalue weighted by Crippen LogP contribution is 2.13. The van der Waals surface area contributed by atoms with E-state index in [4.69, 9.17) is 4.74 Å². The lowest BCUT2D eigenvalue weighted by Gasteiger charge is -2.25. The fraction of sp³-hybridized carbons (Fsp3) is 0.500. The quantitative estimate of drug-likeness (QED) is 0.383. The number of benzene rings is 1. The molecule has 0 radical (unpaired) electrons. The number of rotatable bonds is 6. The summed E-state index contributed by atoms with van der Waals surface area (Å²) in [6, 6.07) is 10.8. The first-order chi connectivity index (χ1) is 12.3. The molecule has 7 nitrogen and oxygen atoms in total. The van der Waals surface area contributed by atoms with Crippen LogP contribution in [0.1, 0.15) is 23.6 Å². The molecule has 1 aromatic carbocycles. The number of nitrogens with one attached hydrogen (secondary N) is 2. The predicted octanol–water partition coefficient (Wildman–Crippen LogP) is 1.76. The number of halogens is 1. The summed E-state index contributed by atoms with van der Waals surface area (Å²) in [5.41, 5.74) is 1.32. The summed E-state index contributed by atoms with van der Waals surface area (Å²) >= 11 is 0. The van der Waals surface area contributed by atoms with Crippen LogP contribution in [0.5, 0.6) is 0 Å². The molecule has 0 saturated carbocycles. The Balaban J connectivity index is 0.00000243. The number of guanidine groups is 1. The molecule has 0 aliphatic carbocycles.